The zero-order valence-electron chi connectivity index (χ0n) is 19.8. The monoisotopic (exact) mass is 642 g/mol. The second-order valence-corrected chi connectivity index (χ2v) is 8.97. The molecule has 2 N–H and O–H groups in total. The van der Waals surface area contributed by atoms with Gasteiger partial charge in [0, 0.05) is 12.1 Å². The maximum absolute atomic E-state index is 13.3. The maximum atomic E-state index is 13.3. The molecule has 0 aliphatic carbocycles. The largest absolute Gasteiger partial charge is 0.487 e. The predicted molar refractivity (Wildman–Crippen MR) is 121 cm³/mol. The van der Waals surface area contributed by atoms with Crippen LogP contribution in [0.5, 0.6) is 34.5 Å². The first-order chi connectivity index (χ1) is 19.0. The van der Waals surface area contributed by atoms with Crippen molar-refractivity contribution < 1.29 is 84.3 Å². The van der Waals surface area contributed by atoms with Crippen LogP contribution in [0.4, 0.5) is 26.3 Å². The van der Waals surface area contributed by atoms with Gasteiger partial charge in [-0.05, 0) is 24.3 Å². The van der Waals surface area contributed by atoms with Crippen LogP contribution in [0.1, 0.15) is 0 Å². The SMILES string of the molecule is O=S(=O)(O)OCCOc1cc(Oc2ccc(OC(F)=C(F)F)c(OCCOS(=O)(=O)O)c2)ccc1OC(F)=C(F)F. The van der Waals surface area contributed by atoms with E-state index in [9.17, 15) is 43.2 Å². The summed E-state index contributed by atoms with van der Waals surface area (Å²) >= 11 is 0. The van der Waals surface area contributed by atoms with Crippen LogP contribution in [0.15, 0.2) is 60.6 Å². The van der Waals surface area contributed by atoms with Gasteiger partial charge in [-0.15, -0.1) is 0 Å². The average Bonchev–Trinajstić information content (AvgIpc) is 2.85. The van der Waals surface area contributed by atoms with Gasteiger partial charge in [-0.1, -0.05) is 0 Å². The Morgan fingerprint density at radius 3 is 1.27 bits per heavy atom. The quantitative estimate of drug-likeness (QED) is 0.112. The normalized spacial score (nSPS) is 11.4. The molecule has 2 aromatic carbocycles. The summed E-state index contributed by atoms with van der Waals surface area (Å²) in [4.78, 5) is 0. The van der Waals surface area contributed by atoms with Crippen molar-refractivity contribution in [2.45, 2.75) is 0 Å². The highest BCUT2D eigenvalue weighted by Crippen LogP contribution is 2.38. The third kappa shape index (κ3) is 12.5. The van der Waals surface area contributed by atoms with Crippen molar-refractivity contribution in [2.24, 2.45) is 0 Å². The van der Waals surface area contributed by atoms with Crippen LogP contribution in [-0.4, -0.2) is 52.4 Å². The first-order valence-corrected chi connectivity index (χ1v) is 13.0. The molecule has 0 saturated carbocycles. The molecule has 228 valence electrons. The maximum Gasteiger partial charge on any atom is 0.397 e. The van der Waals surface area contributed by atoms with Gasteiger partial charge in [0.1, 0.15) is 37.9 Å². The number of hydrogen-bond acceptors (Lipinski definition) is 11. The van der Waals surface area contributed by atoms with Gasteiger partial charge in [0.15, 0.2) is 23.0 Å². The van der Waals surface area contributed by atoms with E-state index in [-0.39, 0.29) is 11.5 Å². The highest BCUT2D eigenvalue weighted by molar-refractivity contribution is 7.81. The molecule has 0 spiro atoms. The van der Waals surface area contributed by atoms with Crippen molar-refractivity contribution in [3.8, 4) is 34.5 Å². The molecule has 0 atom stereocenters. The number of rotatable bonds is 16. The Bertz CT molecular complexity index is 1380. The van der Waals surface area contributed by atoms with Gasteiger partial charge < -0.3 is 23.7 Å². The molecule has 0 amide bonds. The summed E-state index contributed by atoms with van der Waals surface area (Å²) in [5, 5.41) is 0. The number of hydrogen-bond donors (Lipinski definition) is 2. The van der Waals surface area contributed by atoms with E-state index in [0.717, 1.165) is 36.4 Å². The molecule has 21 heteroatoms. The number of halogens is 6. The average molecular weight is 642 g/mol. The van der Waals surface area contributed by atoms with Crippen molar-refractivity contribution in [1.29, 1.82) is 0 Å². The molecule has 0 aromatic heterocycles. The third-order valence-electron chi connectivity index (χ3n) is 3.91. The molecule has 41 heavy (non-hydrogen) atoms. The molecule has 0 aliphatic heterocycles. The van der Waals surface area contributed by atoms with Gasteiger partial charge in [-0.2, -0.15) is 43.2 Å². The zero-order valence-corrected chi connectivity index (χ0v) is 21.4. The van der Waals surface area contributed by atoms with E-state index in [2.05, 4.69) is 17.8 Å². The molecule has 2 aromatic rings. The Balaban J connectivity index is 2.32. The highest BCUT2D eigenvalue weighted by atomic mass is 32.3. The Labute approximate surface area is 226 Å². The second kappa shape index (κ2) is 14.7. The fourth-order valence-electron chi connectivity index (χ4n) is 2.49. The molecule has 13 nitrogen and oxygen atoms in total. The molecular formula is C20H16F6O13S2. The Morgan fingerprint density at radius 2 is 0.951 bits per heavy atom. The smallest absolute Gasteiger partial charge is 0.397 e. The van der Waals surface area contributed by atoms with Crippen LogP contribution in [0.3, 0.4) is 0 Å². The molecule has 0 bridgehead atoms. The van der Waals surface area contributed by atoms with Crippen molar-refractivity contribution in [1.82, 2.24) is 0 Å². The summed E-state index contributed by atoms with van der Waals surface area (Å²) in [6.45, 7) is -2.81. The van der Waals surface area contributed by atoms with Gasteiger partial charge in [0.25, 0.3) is 0 Å². The summed E-state index contributed by atoms with van der Waals surface area (Å²) < 4.78 is 169. The van der Waals surface area contributed by atoms with Crippen LogP contribution in [0.2, 0.25) is 0 Å². The minimum Gasteiger partial charge on any atom is -0.487 e. The Kier molecular flexibility index (Phi) is 12.0. The van der Waals surface area contributed by atoms with E-state index in [1.807, 2.05) is 0 Å². The summed E-state index contributed by atoms with van der Waals surface area (Å²) in [6, 6.07) is 1.18. The summed E-state index contributed by atoms with van der Waals surface area (Å²) in [5.74, 6) is -2.66. The molecule has 2 rings (SSSR count). The lowest BCUT2D eigenvalue weighted by Gasteiger charge is -2.15. The Hall–Kier alpha value is -3.76. The van der Waals surface area contributed by atoms with E-state index in [1.54, 1.807) is 0 Å². The molecule has 0 fully saturated rings. The molecule has 0 radical (unpaired) electrons. The minimum absolute atomic E-state index is 0.191. The van der Waals surface area contributed by atoms with Gasteiger partial charge in [-0.25, -0.2) is 8.37 Å². The summed E-state index contributed by atoms with van der Waals surface area (Å²) in [6.07, 6.45) is -5.64. The fraction of sp³-hybridized carbons (Fsp3) is 0.200. The fourth-order valence-corrected chi connectivity index (χ4v) is 3.04. The van der Waals surface area contributed by atoms with Crippen LogP contribution >= 0.6 is 0 Å². The molecule has 0 saturated heterocycles. The lowest BCUT2D eigenvalue weighted by molar-refractivity contribution is 0.190. The van der Waals surface area contributed by atoms with Crippen LogP contribution < -0.4 is 23.7 Å². The van der Waals surface area contributed by atoms with E-state index >= 15 is 0 Å². The van der Waals surface area contributed by atoms with E-state index in [1.165, 1.54) is 0 Å². The van der Waals surface area contributed by atoms with Crippen molar-refractivity contribution in [2.75, 3.05) is 26.4 Å². The van der Waals surface area contributed by atoms with Gasteiger partial charge >= 0.3 is 45.0 Å². The van der Waals surface area contributed by atoms with Crippen LogP contribution in [-0.2, 0) is 29.2 Å². The molecule has 0 aliphatic rings. The second-order valence-electron chi connectivity index (χ2n) is 6.79. The molecule has 0 unspecified atom stereocenters. The topological polar surface area (TPSA) is 173 Å². The molecular weight excluding hydrogens is 626 g/mol. The molecule has 0 heterocycles. The number of benzene rings is 2. The highest BCUT2D eigenvalue weighted by Gasteiger charge is 2.17. The zero-order chi connectivity index (χ0) is 30.8. The van der Waals surface area contributed by atoms with Gasteiger partial charge in [0.2, 0.25) is 0 Å². The predicted octanol–water partition coefficient (Wildman–Crippen LogP) is 4.70. The van der Waals surface area contributed by atoms with Crippen LogP contribution in [0, 0.1) is 0 Å². The van der Waals surface area contributed by atoms with E-state index in [4.69, 9.17) is 23.3 Å². The van der Waals surface area contributed by atoms with Crippen molar-refractivity contribution in [3.05, 3.63) is 60.6 Å². The standard InChI is InChI=1S/C20H16F6O13S2/c21-17(22)19(25)38-13-3-1-11(9-15(13)33-5-7-35-40(27,28)29)37-12-2-4-14(39-20(26)18(23)24)16(10-12)34-6-8-36-41(30,31)32/h1-4,9-10H,5-8H2,(H,27,28,29)(H,30,31,32). The third-order valence-corrected chi connectivity index (χ3v) is 4.84. The minimum atomic E-state index is -4.85. The van der Waals surface area contributed by atoms with Crippen LogP contribution in [0.25, 0.3) is 0 Å². The first-order valence-electron chi connectivity index (χ1n) is 10.3. The Morgan fingerprint density at radius 1 is 0.585 bits per heavy atom. The van der Waals surface area contributed by atoms with E-state index in [0.29, 0.717) is 0 Å². The summed E-state index contributed by atoms with van der Waals surface area (Å²) in [7, 11) is -9.69. The lowest BCUT2D eigenvalue weighted by atomic mass is 10.2. The van der Waals surface area contributed by atoms with Gasteiger partial charge in [0.05, 0.1) is 0 Å². The number of ether oxygens (including phenoxy) is 5. The first kappa shape index (κ1) is 33.4. The van der Waals surface area contributed by atoms with Gasteiger partial charge in [-0.3, -0.25) is 9.11 Å². The summed E-state index contributed by atoms with van der Waals surface area (Å²) in [5.41, 5.74) is 0. The lowest BCUT2D eigenvalue weighted by Crippen LogP contribution is -2.12. The van der Waals surface area contributed by atoms with E-state index < -0.39 is 94.4 Å². The van der Waals surface area contributed by atoms with Crippen molar-refractivity contribution in [3.63, 3.8) is 0 Å². The van der Waals surface area contributed by atoms with Crippen molar-refractivity contribution >= 4 is 20.8 Å².